The van der Waals surface area contributed by atoms with E-state index < -0.39 is 109 Å². The van der Waals surface area contributed by atoms with Crippen LogP contribution in [0.2, 0.25) is 0 Å². The van der Waals surface area contributed by atoms with Crippen LogP contribution in [0, 0.1) is 86.3 Å². The zero-order valence-electron chi connectivity index (χ0n) is 59.7. The molecule has 0 aromatic carbocycles. The van der Waals surface area contributed by atoms with E-state index in [0.29, 0.717) is 55.1 Å². The number of ketones is 5. The minimum atomic E-state index is -1.08. The fourth-order valence-electron chi connectivity index (χ4n) is 21.6. The van der Waals surface area contributed by atoms with Crippen molar-refractivity contribution < 1.29 is 92.1 Å². The Kier molecular flexibility index (Phi) is 22.4. The molecule has 101 heavy (non-hydrogen) atoms. The summed E-state index contributed by atoms with van der Waals surface area (Å²) in [4.78, 5) is 122. The molecule has 22 heteroatoms. The number of esters is 5. The quantitative estimate of drug-likeness (QED) is 0.0455. The third-order valence-corrected chi connectivity index (χ3v) is 28.9. The summed E-state index contributed by atoms with van der Waals surface area (Å²) in [6.07, 6.45) is 36.1. The lowest BCUT2D eigenvalue weighted by atomic mass is 9.60. The number of hydrogen-bond acceptors (Lipinski definition) is 19. The molecular weight excluding hydrogens is 1400 g/mol. The Hall–Kier alpha value is -4.70. The Morgan fingerprint density at radius 3 is 1.04 bits per heavy atom. The van der Waals surface area contributed by atoms with E-state index in [4.69, 9.17) is 46.9 Å². The Morgan fingerprint density at radius 2 is 0.723 bits per heavy atom. The molecule has 0 spiro atoms. The van der Waals surface area contributed by atoms with Crippen LogP contribution in [0.1, 0.15) is 209 Å². The number of hydrogen-bond donors (Lipinski definition) is 4. The molecule has 5 heterocycles. The lowest BCUT2D eigenvalue weighted by Gasteiger charge is -2.55. The van der Waals surface area contributed by atoms with Crippen LogP contribution in [0.5, 0.6) is 0 Å². The largest absolute Gasteiger partial charge is 0.457 e. The number of allylic oxidation sites excluding steroid dienone is 6. The van der Waals surface area contributed by atoms with Crippen molar-refractivity contribution in [1.29, 1.82) is 0 Å². The summed E-state index contributed by atoms with van der Waals surface area (Å²) in [5.41, 5.74) is -8.76. The molecule has 15 rings (SSSR count). The van der Waals surface area contributed by atoms with Crippen LogP contribution in [0.3, 0.4) is 0 Å². The summed E-state index contributed by atoms with van der Waals surface area (Å²) in [5.74, 6) is -2.10. The van der Waals surface area contributed by atoms with Crippen LogP contribution in [0.25, 0.3) is 0 Å². The molecule has 10 fully saturated rings. The van der Waals surface area contributed by atoms with E-state index >= 15 is 0 Å². The molecule has 556 valence electrons. The van der Waals surface area contributed by atoms with E-state index in [1.165, 1.54) is 6.42 Å². The second-order valence-corrected chi connectivity index (χ2v) is 34.2. The maximum atomic E-state index is 12.4. The second kappa shape index (κ2) is 29.2. The second-order valence-electron chi connectivity index (χ2n) is 32.6. The normalized spacial score (nSPS) is 44.1. The van der Waals surface area contributed by atoms with Crippen LogP contribution in [-0.4, -0.2) is 149 Å². The van der Waals surface area contributed by atoms with Gasteiger partial charge in [-0.15, -0.1) is 23.2 Å². The smallest absolute Gasteiger partial charge is 0.319 e. The first-order valence-corrected chi connectivity index (χ1v) is 39.6. The van der Waals surface area contributed by atoms with Crippen LogP contribution in [0.15, 0.2) is 60.8 Å². The Labute approximate surface area is 612 Å². The maximum Gasteiger partial charge on any atom is 0.319 e. The van der Waals surface area contributed by atoms with Crippen molar-refractivity contribution in [3.63, 3.8) is 0 Å². The third kappa shape index (κ3) is 11.7. The van der Waals surface area contributed by atoms with Crippen LogP contribution in [-0.2, 0) is 71.6 Å². The van der Waals surface area contributed by atoms with Crippen molar-refractivity contribution in [2.75, 3.05) is 17.1 Å². The Bertz CT molecular complexity index is 3360. The van der Waals surface area contributed by atoms with Gasteiger partial charge in [0.15, 0.2) is 0 Å². The number of aliphatic hydroxyl groups is 4. The third-order valence-electron chi connectivity index (χ3n) is 28.1. The number of carbonyl (C=O) groups excluding carboxylic acids is 10. The summed E-state index contributed by atoms with van der Waals surface area (Å²) in [7, 11) is 0. The van der Waals surface area contributed by atoms with Crippen molar-refractivity contribution in [2.45, 2.75) is 261 Å². The average Bonchev–Trinajstić information content (AvgIpc) is 1.60. The van der Waals surface area contributed by atoms with Gasteiger partial charge in [0, 0.05) is 72.9 Å². The highest BCUT2D eigenvalue weighted by molar-refractivity contribution is 9.09. The molecule has 0 amide bonds. The molecule has 24 atom stereocenters. The van der Waals surface area contributed by atoms with Gasteiger partial charge in [0.1, 0.15) is 84.0 Å². The van der Waals surface area contributed by atoms with Gasteiger partial charge in [-0.3, -0.25) is 47.9 Å². The summed E-state index contributed by atoms with van der Waals surface area (Å²) in [6, 6.07) is 0. The van der Waals surface area contributed by atoms with Crippen molar-refractivity contribution in [3.8, 4) is 0 Å². The minimum Gasteiger partial charge on any atom is -0.457 e. The van der Waals surface area contributed by atoms with Gasteiger partial charge in [0.05, 0.1) is 54.0 Å². The molecule has 15 aliphatic rings. The molecule has 19 nitrogen and oxygen atoms in total. The molecule has 4 N–H and O–H groups in total. The first-order chi connectivity index (χ1) is 47.9. The van der Waals surface area contributed by atoms with E-state index in [9.17, 15) is 68.4 Å². The van der Waals surface area contributed by atoms with Crippen LogP contribution in [0.4, 0.5) is 0 Å². The fourth-order valence-corrected chi connectivity index (χ4v) is 22.5. The predicted octanol–water partition coefficient (Wildman–Crippen LogP) is 11.5. The molecule has 5 saturated carbocycles. The van der Waals surface area contributed by atoms with Gasteiger partial charge in [0.25, 0.3) is 0 Å². The van der Waals surface area contributed by atoms with Gasteiger partial charge in [0.2, 0.25) is 0 Å². The first kappa shape index (κ1) is 77.4. The number of rotatable bonds is 17. The molecule has 0 radical (unpaired) electrons. The highest BCUT2D eigenvalue weighted by atomic mass is 79.9. The van der Waals surface area contributed by atoms with Gasteiger partial charge < -0.3 is 44.1 Å². The van der Waals surface area contributed by atoms with Crippen molar-refractivity contribution >= 4 is 97.9 Å². The standard InChI is InChI=1S/C16H21BrO4.C16H21ClO4.C16H21ClO3.C16H22O4.C15H20O4/c2*1-15-11(7-8-17)12(18)9-16(15,14(20)21-15)13(19)10-5-3-2-4-6-10;1-15-12(7-8-17)13(18)10-16(15,14(19)20-15)9-11-5-3-2-4-6-11;1-3-11-12(17)9-16(14(19)20-15(11,16)2)13(18)10-7-5-4-6-8-10;1-9-11(16)8-15(13(18)19-14(9,15)2)12(17)10-6-4-3-5-7-10/h2*3,5,10-11,13,19H,2,4,6-9H2,1H3;3,5,11-12H,2,4,6-10H2,1H3;5,7,10-11,13,18H,3-4,6,8-9H2,1-2H3;4,6,9-10,12,17H,3,5,7-8H2,1-2H3. The maximum absolute atomic E-state index is 12.4. The number of alkyl halides is 3. The minimum absolute atomic E-state index is 0.0113. The summed E-state index contributed by atoms with van der Waals surface area (Å²) < 4.78 is 27.0. The lowest BCUT2D eigenvalue weighted by molar-refractivity contribution is -0.263. The predicted molar refractivity (Wildman–Crippen MR) is 376 cm³/mol. The molecule has 0 aromatic heterocycles. The highest BCUT2D eigenvalue weighted by Gasteiger charge is 2.82. The molecule has 24 unspecified atom stereocenters. The molecule has 0 aromatic rings. The number of carbonyl (C=O) groups is 10. The number of fused-ring (bicyclic) bond motifs is 5. The summed E-state index contributed by atoms with van der Waals surface area (Å²) in [6.45, 7) is 12.9. The van der Waals surface area contributed by atoms with E-state index in [1.54, 1.807) is 20.8 Å². The van der Waals surface area contributed by atoms with E-state index in [1.807, 2.05) is 58.1 Å². The SMILES string of the molecule is CC12OC(=O)C1(C(O)C1C=CCCC1)CC(=O)C2CCBr.CC12OC(=O)C1(C(O)C1C=CCCC1)CC(=O)C2CCCl.CC12OC(=O)C1(CC1C=CCCC1)CC(=O)C2CCCl.CC1C(=O)CC2(C(O)C3C=CCCC3)C(=O)OC12C.CCC1C(=O)CC2(C(O)C3C=CCCC3)C(=O)OC12C. The molecule has 10 aliphatic carbocycles. The topological polar surface area (TPSA) is 298 Å². The van der Waals surface area contributed by atoms with Gasteiger partial charge in [-0.25, -0.2) is 0 Å². The average molecular weight is 1510 g/mol. The van der Waals surface area contributed by atoms with E-state index in [-0.39, 0.29) is 108 Å². The van der Waals surface area contributed by atoms with Crippen molar-refractivity contribution in [2.24, 2.45) is 86.3 Å². The van der Waals surface area contributed by atoms with Crippen molar-refractivity contribution in [3.05, 3.63) is 60.8 Å². The monoisotopic (exact) mass is 1510 g/mol. The highest BCUT2D eigenvalue weighted by Crippen LogP contribution is 2.68. The van der Waals surface area contributed by atoms with Gasteiger partial charge in [-0.1, -0.05) is 90.5 Å². The molecular formula is C79H105BrCl2O19. The number of ether oxygens (including phenoxy) is 5. The number of halogens is 3. The van der Waals surface area contributed by atoms with Gasteiger partial charge in [-0.2, -0.15) is 0 Å². The molecule has 5 aliphatic heterocycles. The first-order valence-electron chi connectivity index (χ1n) is 37.4. The summed E-state index contributed by atoms with van der Waals surface area (Å²) in [5, 5.41) is 44.0. The van der Waals surface area contributed by atoms with Crippen LogP contribution >= 0.6 is 39.1 Å². The van der Waals surface area contributed by atoms with Crippen molar-refractivity contribution in [1.82, 2.24) is 0 Å². The van der Waals surface area contributed by atoms with Gasteiger partial charge in [-0.05, 0) is 169 Å². The van der Waals surface area contributed by atoms with E-state index in [0.717, 1.165) is 96.3 Å². The Balaban J connectivity index is 0.000000127. The zero-order valence-corrected chi connectivity index (χ0v) is 62.8. The van der Waals surface area contributed by atoms with E-state index in [2.05, 4.69) is 46.3 Å². The molecule has 5 saturated heterocycles. The lowest BCUT2D eigenvalue weighted by Crippen LogP contribution is -2.70. The zero-order chi connectivity index (χ0) is 73.3. The van der Waals surface area contributed by atoms with Crippen LogP contribution < -0.4 is 0 Å². The summed E-state index contributed by atoms with van der Waals surface area (Å²) >= 11 is 15.0. The fraction of sp³-hybridized carbons (Fsp3) is 0.747. The number of aliphatic hydroxyl groups excluding tert-OH is 4. The number of Topliss-reactive ketones (excluding diaryl/α,β-unsaturated/α-hetero) is 5. The Morgan fingerprint density at radius 1 is 0.416 bits per heavy atom. The van der Waals surface area contributed by atoms with Gasteiger partial charge >= 0.3 is 29.8 Å². The molecule has 0 bridgehead atoms.